The van der Waals surface area contributed by atoms with Crippen molar-refractivity contribution in [2.24, 2.45) is 0 Å². The molecule has 1 atom stereocenters. The normalized spacial score (nSPS) is 16.4. The summed E-state index contributed by atoms with van der Waals surface area (Å²) in [7, 11) is 0. The van der Waals surface area contributed by atoms with Gasteiger partial charge in [-0.3, -0.25) is 4.79 Å². The average molecular weight is 476 g/mol. The molecule has 1 saturated heterocycles. The molecule has 33 heavy (non-hydrogen) atoms. The third kappa shape index (κ3) is 5.15. The van der Waals surface area contributed by atoms with Gasteiger partial charge in [-0.1, -0.05) is 36.2 Å². The standard InChI is InChI=1S/C23H21ClF3N5O/c24-20-17(23(25,26)27)7-9-31-21(20)22(33)32-12-14-4-3-5-16(15-10-28-13-29-11-15)19(14)18-6-1-2-8-30-18/h3-5,7,9-11,13,18,30H,1-2,6,8,12H2,(H,32,33)/t18-/m0/s1. The van der Waals surface area contributed by atoms with Crippen LogP contribution in [0.25, 0.3) is 11.1 Å². The molecule has 1 aromatic carbocycles. The summed E-state index contributed by atoms with van der Waals surface area (Å²) in [4.78, 5) is 24.7. The molecule has 1 fully saturated rings. The van der Waals surface area contributed by atoms with Crippen molar-refractivity contribution in [2.45, 2.75) is 38.0 Å². The SMILES string of the molecule is O=C(NCc1cccc(-c2cncnc2)c1[C@@H]1CCCCN1)c1nccc(C(F)(F)F)c1Cl. The Morgan fingerprint density at radius 3 is 2.67 bits per heavy atom. The Morgan fingerprint density at radius 1 is 1.18 bits per heavy atom. The molecule has 0 aliphatic carbocycles. The molecule has 0 spiro atoms. The molecule has 0 unspecified atom stereocenters. The highest BCUT2D eigenvalue weighted by atomic mass is 35.5. The Balaban J connectivity index is 1.64. The van der Waals surface area contributed by atoms with E-state index in [-0.39, 0.29) is 12.6 Å². The number of pyridine rings is 1. The molecular weight excluding hydrogens is 455 g/mol. The first-order valence-electron chi connectivity index (χ1n) is 10.5. The lowest BCUT2D eigenvalue weighted by Gasteiger charge is -2.28. The Hall–Kier alpha value is -3.04. The second-order valence-electron chi connectivity index (χ2n) is 7.71. The van der Waals surface area contributed by atoms with Crippen LogP contribution in [0.3, 0.4) is 0 Å². The molecule has 172 valence electrons. The highest BCUT2D eigenvalue weighted by Crippen LogP contribution is 2.36. The van der Waals surface area contributed by atoms with Crippen LogP contribution in [0.4, 0.5) is 13.2 Å². The minimum Gasteiger partial charge on any atom is -0.347 e. The van der Waals surface area contributed by atoms with E-state index in [4.69, 9.17) is 11.6 Å². The predicted molar refractivity (Wildman–Crippen MR) is 117 cm³/mol. The third-order valence-corrected chi connectivity index (χ3v) is 5.96. The van der Waals surface area contributed by atoms with E-state index in [0.717, 1.165) is 60.3 Å². The maximum absolute atomic E-state index is 13.1. The average Bonchev–Trinajstić information content (AvgIpc) is 2.82. The molecule has 6 nitrogen and oxygen atoms in total. The first-order valence-corrected chi connectivity index (χ1v) is 10.8. The van der Waals surface area contributed by atoms with E-state index in [1.165, 1.54) is 6.33 Å². The highest BCUT2D eigenvalue weighted by Gasteiger charge is 2.35. The van der Waals surface area contributed by atoms with Gasteiger partial charge in [-0.15, -0.1) is 0 Å². The molecule has 4 rings (SSSR count). The molecule has 0 bridgehead atoms. The summed E-state index contributed by atoms with van der Waals surface area (Å²) in [5.74, 6) is -0.776. The lowest BCUT2D eigenvalue weighted by Crippen LogP contribution is -2.30. The van der Waals surface area contributed by atoms with E-state index < -0.39 is 28.4 Å². The van der Waals surface area contributed by atoms with E-state index in [1.807, 2.05) is 18.2 Å². The number of aromatic nitrogens is 3. The number of nitrogens with zero attached hydrogens (tertiary/aromatic N) is 3. The van der Waals surface area contributed by atoms with Gasteiger partial charge < -0.3 is 10.6 Å². The van der Waals surface area contributed by atoms with Crippen LogP contribution < -0.4 is 10.6 Å². The number of hydrogen-bond acceptors (Lipinski definition) is 5. The van der Waals surface area contributed by atoms with Gasteiger partial charge in [0.15, 0.2) is 0 Å². The monoisotopic (exact) mass is 475 g/mol. The molecule has 0 radical (unpaired) electrons. The van der Waals surface area contributed by atoms with Crippen LogP contribution in [0.2, 0.25) is 5.02 Å². The van der Waals surface area contributed by atoms with Crippen molar-refractivity contribution in [3.63, 3.8) is 0 Å². The fraction of sp³-hybridized carbons (Fsp3) is 0.304. The quantitative estimate of drug-likeness (QED) is 0.545. The highest BCUT2D eigenvalue weighted by molar-refractivity contribution is 6.34. The van der Waals surface area contributed by atoms with Crippen molar-refractivity contribution < 1.29 is 18.0 Å². The number of piperidine rings is 1. The number of rotatable bonds is 5. The second-order valence-corrected chi connectivity index (χ2v) is 8.09. The number of halogens is 4. The maximum atomic E-state index is 13.1. The molecule has 0 saturated carbocycles. The maximum Gasteiger partial charge on any atom is 0.417 e. The molecular formula is C23H21ClF3N5O. The number of benzene rings is 1. The Morgan fingerprint density at radius 2 is 1.97 bits per heavy atom. The van der Waals surface area contributed by atoms with Gasteiger partial charge in [0.25, 0.3) is 5.91 Å². The van der Waals surface area contributed by atoms with Gasteiger partial charge in [0.2, 0.25) is 0 Å². The molecule has 3 aromatic rings. The van der Waals surface area contributed by atoms with Crippen LogP contribution in [0.15, 0.2) is 49.2 Å². The third-order valence-electron chi connectivity index (χ3n) is 5.58. The predicted octanol–water partition coefficient (Wildman–Crippen LogP) is 4.96. The van der Waals surface area contributed by atoms with E-state index >= 15 is 0 Å². The van der Waals surface area contributed by atoms with E-state index in [1.54, 1.807) is 12.4 Å². The Kier molecular flexibility index (Phi) is 6.90. The number of nitrogens with one attached hydrogen (secondary N) is 2. The van der Waals surface area contributed by atoms with Gasteiger partial charge in [0.05, 0.1) is 10.6 Å². The number of alkyl halides is 3. The minimum atomic E-state index is -4.68. The number of carbonyl (C=O) groups is 1. The van der Waals surface area contributed by atoms with Crippen molar-refractivity contribution >= 4 is 17.5 Å². The summed E-state index contributed by atoms with van der Waals surface area (Å²) in [6.45, 7) is 0.974. The smallest absolute Gasteiger partial charge is 0.347 e. The summed E-state index contributed by atoms with van der Waals surface area (Å²) >= 11 is 5.86. The van der Waals surface area contributed by atoms with Gasteiger partial charge in [-0.05, 0) is 42.1 Å². The molecule has 3 heterocycles. The second kappa shape index (κ2) is 9.84. The Bertz CT molecular complexity index is 1130. The van der Waals surface area contributed by atoms with E-state index in [2.05, 4.69) is 25.6 Å². The van der Waals surface area contributed by atoms with Gasteiger partial charge in [0.1, 0.15) is 12.0 Å². The van der Waals surface area contributed by atoms with Gasteiger partial charge in [-0.2, -0.15) is 13.2 Å². The molecule has 1 amide bonds. The fourth-order valence-electron chi connectivity index (χ4n) is 4.05. The van der Waals surface area contributed by atoms with Crippen LogP contribution in [0, 0.1) is 0 Å². The summed E-state index contributed by atoms with van der Waals surface area (Å²) in [6.07, 6.45) is 4.22. The Labute approximate surface area is 193 Å². The van der Waals surface area contributed by atoms with Crippen molar-refractivity contribution in [3.8, 4) is 11.1 Å². The van der Waals surface area contributed by atoms with E-state index in [9.17, 15) is 18.0 Å². The largest absolute Gasteiger partial charge is 0.417 e. The van der Waals surface area contributed by atoms with Crippen molar-refractivity contribution in [1.29, 1.82) is 0 Å². The minimum absolute atomic E-state index is 0.0670. The molecule has 10 heteroatoms. The van der Waals surface area contributed by atoms with E-state index in [0.29, 0.717) is 0 Å². The number of hydrogen-bond donors (Lipinski definition) is 2. The lowest BCUT2D eigenvalue weighted by molar-refractivity contribution is -0.137. The van der Waals surface area contributed by atoms with Crippen LogP contribution >= 0.6 is 11.6 Å². The summed E-state index contributed by atoms with van der Waals surface area (Å²) in [5.41, 5.74) is 2.08. The van der Waals surface area contributed by atoms with Gasteiger partial charge >= 0.3 is 6.18 Å². The van der Waals surface area contributed by atoms with Crippen molar-refractivity contribution in [3.05, 3.63) is 76.6 Å². The van der Waals surface area contributed by atoms with Crippen molar-refractivity contribution in [2.75, 3.05) is 6.54 Å². The first-order chi connectivity index (χ1) is 15.9. The summed E-state index contributed by atoms with van der Waals surface area (Å²) in [5, 5.41) is 5.49. The molecule has 2 aromatic heterocycles. The zero-order valence-electron chi connectivity index (χ0n) is 17.5. The number of carbonyl (C=O) groups excluding carboxylic acids is 1. The molecule has 1 aliphatic rings. The first kappa shape index (κ1) is 23.1. The van der Waals surface area contributed by atoms with Crippen LogP contribution in [-0.4, -0.2) is 27.4 Å². The number of amides is 1. The molecule has 2 N–H and O–H groups in total. The van der Waals surface area contributed by atoms with Gasteiger partial charge in [0, 0.05) is 36.7 Å². The summed E-state index contributed by atoms with van der Waals surface area (Å²) in [6, 6.07) is 6.54. The zero-order valence-corrected chi connectivity index (χ0v) is 18.2. The molecule has 1 aliphatic heterocycles. The van der Waals surface area contributed by atoms with Crippen molar-refractivity contribution in [1.82, 2.24) is 25.6 Å². The fourth-order valence-corrected chi connectivity index (χ4v) is 4.35. The zero-order chi connectivity index (χ0) is 23.4. The van der Waals surface area contributed by atoms with Crippen LogP contribution in [0.1, 0.15) is 52.5 Å². The van der Waals surface area contributed by atoms with Crippen LogP contribution in [-0.2, 0) is 12.7 Å². The lowest BCUT2D eigenvalue weighted by atomic mass is 9.87. The summed E-state index contributed by atoms with van der Waals surface area (Å²) < 4.78 is 39.4. The van der Waals surface area contributed by atoms with Gasteiger partial charge in [-0.25, -0.2) is 15.0 Å². The topological polar surface area (TPSA) is 79.8 Å². The van der Waals surface area contributed by atoms with Crippen LogP contribution in [0.5, 0.6) is 0 Å².